The van der Waals surface area contributed by atoms with Crippen molar-refractivity contribution < 1.29 is 5.11 Å². The second kappa shape index (κ2) is 3.43. The molecule has 0 aromatic rings. The zero-order chi connectivity index (χ0) is 10.3. The van der Waals surface area contributed by atoms with E-state index in [2.05, 4.69) is 20.8 Å². The summed E-state index contributed by atoms with van der Waals surface area (Å²) in [5.41, 5.74) is -0.326. The second-order valence-corrected chi connectivity index (χ2v) is 6.19. The number of aliphatic hydroxyl groups is 1. The number of hydrogen-bond donors (Lipinski definition) is 1. The molecule has 0 aromatic carbocycles. The van der Waals surface area contributed by atoms with Gasteiger partial charge in [-0.05, 0) is 37.5 Å². The van der Waals surface area contributed by atoms with Crippen LogP contribution in [0.2, 0.25) is 0 Å². The van der Waals surface area contributed by atoms with Gasteiger partial charge in [-0.15, -0.1) is 11.6 Å². The SMILES string of the molecule is CC(C)(C)C1CCC(C)(O)C(Cl)C1. The fourth-order valence-electron chi connectivity index (χ4n) is 2.03. The molecule has 0 spiro atoms. The number of alkyl halides is 1. The summed E-state index contributed by atoms with van der Waals surface area (Å²) in [6.07, 6.45) is 2.88. The normalized spacial score (nSPS) is 42.0. The molecule has 0 heterocycles. The molecule has 3 atom stereocenters. The van der Waals surface area contributed by atoms with Crippen LogP contribution in [0.15, 0.2) is 0 Å². The van der Waals surface area contributed by atoms with Crippen molar-refractivity contribution >= 4 is 11.6 Å². The molecule has 0 bridgehead atoms. The molecule has 13 heavy (non-hydrogen) atoms. The Bertz CT molecular complexity index is 181. The molecular weight excluding hydrogens is 184 g/mol. The fourth-order valence-corrected chi connectivity index (χ4v) is 2.36. The maximum Gasteiger partial charge on any atom is 0.0782 e. The van der Waals surface area contributed by atoms with Crippen LogP contribution in [0.1, 0.15) is 47.0 Å². The van der Waals surface area contributed by atoms with Gasteiger partial charge in [-0.3, -0.25) is 0 Å². The van der Waals surface area contributed by atoms with E-state index < -0.39 is 5.60 Å². The van der Waals surface area contributed by atoms with E-state index in [1.165, 1.54) is 0 Å². The number of rotatable bonds is 0. The van der Waals surface area contributed by atoms with Crippen LogP contribution >= 0.6 is 11.6 Å². The van der Waals surface area contributed by atoms with E-state index in [0.29, 0.717) is 11.3 Å². The van der Waals surface area contributed by atoms with Gasteiger partial charge in [0.2, 0.25) is 0 Å². The molecule has 1 saturated carbocycles. The van der Waals surface area contributed by atoms with Crippen LogP contribution in [-0.2, 0) is 0 Å². The number of halogens is 1. The Kier molecular flexibility index (Phi) is 2.99. The molecule has 1 N–H and O–H groups in total. The lowest BCUT2D eigenvalue weighted by molar-refractivity contribution is -0.00536. The molecule has 2 heteroatoms. The molecule has 0 aliphatic heterocycles. The Balaban J connectivity index is 2.61. The fraction of sp³-hybridized carbons (Fsp3) is 1.00. The van der Waals surface area contributed by atoms with E-state index in [1.807, 2.05) is 6.92 Å². The summed E-state index contributed by atoms with van der Waals surface area (Å²) >= 11 is 6.16. The third kappa shape index (κ3) is 2.60. The van der Waals surface area contributed by atoms with Crippen molar-refractivity contribution in [2.75, 3.05) is 0 Å². The molecule has 1 aliphatic rings. The van der Waals surface area contributed by atoms with Crippen LogP contribution in [-0.4, -0.2) is 16.1 Å². The highest BCUT2D eigenvalue weighted by Gasteiger charge is 2.40. The van der Waals surface area contributed by atoms with E-state index >= 15 is 0 Å². The van der Waals surface area contributed by atoms with Gasteiger partial charge in [-0.2, -0.15) is 0 Å². The lowest BCUT2D eigenvalue weighted by Crippen LogP contribution is -2.43. The Hall–Kier alpha value is 0.250. The minimum Gasteiger partial charge on any atom is -0.389 e. The Morgan fingerprint density at radius 3 is 2.31 bits per heavy atom. The maximum absolute atomic E-state index is 9.89. The van der Waals surface area contributed by atoms with Crippen molar-refractivity contribution in [1.82, 2.24) is 0 Å². The molecule has 3 unspecified atom stereocenters. The molecule has 0 saturated heterocycles. The van der Waals surface area contributed by atoms with Gasteiger partial charge in [0.15, 0.2) is 0 Å². The second-order valence-electron chi connectivity index (χ2n) is 5.66. The van der Waals surface area contributed by atoms with Crippen LogP contribution in [0.3, 0.4) is 0 Å². The first-order chi connectivity index (χ1) is 5.73. The minimum absolute atomic E-state index is 0.0783. The van der Waals surface area contributed by atoms with Gasteiger partial charge >= 0.3 is 0 Å². The van der Waals surface area contributed by atoms with Gasteiger partial charge in [-0.1, -0.05) is 20.8 Å². The van der Waals surface area contributed by atoms with Crippen LogP contribution in [0.5, 0.6) is 0 Å². The molecular formula is C11H21ClO. The van der Waals surface area contributed by atoms with Crippen LogP contribution in [0, 0.1) is 11.3 Å². The summed E-state index contributed by atoms with van der Waals surface area (Å²) in [5.74, 6) is 0.648. The predicted molar refractivity (Wildman–Crippen MR) is 57.1 cm³/mol. The van der Waals surface area contributed by atoms with E-state index in [1.54, 1.807) is 0 Å². The molecule has 0 amide bonds. The predicted octanol–water partition coefficient (Wildman–Crippen LogP) is 3.19. The molecule has 0 aromatic heterocycles. The summed E-state index contributed by atoms with van der Waals surface area (Å²) in [6.45, 7) is 8.60. The van der Waals surface area contributed by atoms with Gasteiger partial charge in [0.25, 0.3) is 0 Å². The Morgan fingerprint density at radius 1 is 1.38 bits per heavy atom. The zero-order valence-electron chi connectivity index (χ0n) is 9.10. The van der Waals surface area contributed by atoms with E-state index in [-0.39, 0.29) is 5.38 Å². The summed E-state index contributed by atoms with van der Waals surface area (Å²) in [5, 5.41) is 9.82. The van der Waals surface area contributed by atoms with Gasteiger partial charge in [-0.25, -0.2) is 0 Å². The zero-order valence-corrected chi connectivity index (χ0v) is 9.86. The van der Waals surface area contributed by atoms with Gasteiger partial charge in [0.1, 0.15) is 0 Å². The summed E-state index contributed by atoms with van der Waals surface area (Å²) in [7, 11) is 0. The maximum atomic E-state index is 9.89. The first kappa shape index (κ1) is 11.3. The van der Waals surface area contributed by atoms with E-state index in [0.717, 1.165) is 19.3 Å². The Morgan fingerprint density at radius 2 is 1.92 bits per heavy atom. The lowest BCUT2D eigenvalue weighted by Gasteiger charge is -2.42. The van der Waals surface area contributed by atoms with Crippen molar-refractivity contribution in [3.05, 3.63) is 0 Å². The third-order valence-electron chi connectivity index (χ3n) is 3.39. The first-order valence-electron chi connectivity index (χ1n) is 5.10. The smallest absolute Gasteiger partial charge is 0.0782 e. The molecule has 78 valence electrons. The minimum atomic E-state index is -0.649. The van der Waals surface area contributed by atoms with E-state index in [4.69, 9.17) is 11.6 Å². The van der Waals surface area contributed by atoms with Crippen molar-refractivity contribution in [3.63, 3.8) is 0 Å². The quantitative estimate of drug-likeness (QED) is 0.601. The lowest BCUT2D eigenvalue weighted by atomic mass is 9.68. The summed E-state index contributed by atoms with van der Waals surface area (Å²) < 4.78 is 0. The molecule has 1 rings (SSSR count). The van der Waals surface area contributed by atoms with Gasteiger partial charge < -0.3 is 5.11 Å². The topological polar surface area (TPSA) is 20.2 Å². The monoisotopic (exact) mass is 204 g/mol. The van der Waals surface area contributed by atoms with Crippen molar-refractivity contribution in [1.29, 1.82) is 0 Å². The molecule has 1 nitrogen and oxygen atoms in total. The van der Waals surface area contributed by atoms with Crippen molar-refractivity contribution in [3.8, 4) is 0 Å². The van der Waals surface area contributed by atoms with Gasteiger partial charge in [0, 0.05) is 0 Å². The number of hydrogen-bond acceptors (Lipinski definition) is 1. The highest BCUT2D eigenvalue weighted by atomic mass is 35.5. The molecule has 0 radical (unpaired) electrons. The van der Waals surface area contributed by atoms with Crippen LogP contribution < -0.4 is 0 Å². The Labute approximate surface area is 86.5 Å². The molecule has 1 fully saturated rings. The average Bonchev–Trinajstić information content (AvgIpc) is 1.92. The van der Waals surface area contributed by atoms with Crippen molar-refractivity contribution in [2.45, 2.75) is 57.9 Å². The summed E-state index contributed by atoms with van der Waals surface area (Å²) in [4.78, 5) is 0. The summed E-state index contributed by atoms with van der Waals surface area (Å²) in [6, 6.07) is 0. The highest BCUT2D eigenvalue weighted by molar-refractivity contribution is 6.21. The molecule has 1 aliphatic carbocycles. The van der Waals surface area contributed by atoms with E-state index in [9.17, 15) is 5.11 Å². The van der Waals surface area contributed by atoms with Crippen LogP contribution in [0.25, 0.3) is 0 Å². The third-order valence-corrected chi connectivity index (χ3v) is 4.04. The van der Waals surface area contributed by atoms with Crippen molar-refractivity contribution in [2.24, 2.45) is 11.3 Å². The highest BCUT2D eigenvalue weighted by Crippen LogP contribution is 2.43. The van der Waals surface area contributed by atoms with Gasteiger partial charge in [0.05, 0.1) is 11.0 Å². The average molecular weight is 205 g/mol. The standard InChI is InChI=1S/C11H21ClO/c1-10(2,3)8-5-6-11(4,13)9(12)7-8/h8-9,13H,5-7H2,1-4H3. The first-order valence-corrected chi connectivity index (χ1v) is 5.53. The van der Waals surface area contributed by atoms with Crippen LogP contribution in [0.4, 0.5) is 0 Å². The largest absolute Gasteiger partial charge is 0.389 e.